The van der Waals surface area contributed by atoms with Gasteiger partial charge < -0.3 is 10.4 Å². The summed E-state index contributed by atoms with van der Waals surface area (Å²) in [4.78, 5) is 22.9. The zero-order valence-electron chi connectivity index (χ0n) is 12.2. The first-order chi connectivity index (χ1) is 9.73. The maximum Gasteiger partial charge on any atom is 0.308 e. The molecule has 0 bridgehead atoms. The Kier molecular flexibility index (Phi) is 5.81. The second kappa shape index (κ2) is 7.15. The molecule has 0 aromatic heterocycles. The monoisotopic (exact) mass is 299 g/mol. The number of benzene rings is 1. The van der Waals surface area contributed by atoms with Crippen molar-refractivity contribution in [2.24, 2.45) is 11.8 Å². The van der Waals surface area contributed by atoms with Crippen molar-refractivity contribution in [3.05, 3.63) is 34.9 Å². The molecule has 0 spiro atoms. The van der Waals surface area contributed by atoms with Crippen molar-refractivity contribution in [2.75, 3.05) is 6.54 Å². The molecule has 0 aliphatic rings. The van der Waals surface area contributed by atoms with Crippen LogP contribution in [0.4, 0.5) is 8.78 Å². The fourth-order valence-electron chi connectivity index (χ4n) is 2.01. The first kappa shape index (κ1) is 17.1. The van der Waals surface area contributed by atoms with Crippen LogP contribution < -0.4 is 5.32 Å². The number of nitrogens with one attached hydrogen (secondary N) is 1. The topological polar surface area (TPSA) is 66.4 Å². The Morgan fingerprint density at radius 3 is 2.43 bits per heavy atom. The lowest BCUT2D eigenvalue weighted by molar-refractivity contribution is -0.142. The second-order valence-corrected chi connectivity index (χ2v) is 5.43. The van der Waals surface area contributed by atoms with Crippen LogP contribution in [0.5, 0.6) is 0 Å². The van der Waals surface area contributed by atoms with Gasteiger partial charge in [0.25, 0.3) is 5.91 Å². The zero-order chi connectivity index (χ0) is 16.2. The molecule has 1 rings (SSSR count). The van der Waals surface area contributed by atoms with Gasteiger partial charge in [-0.3, -0.25) is 9.59 Å². The van der Waals surface area contributed by atoms with E-state index in [0.29, 0.717) is 6.42 Å². The third-order valence-electron chi connectivity index (χ3n) is 3.13. The third-order valence-corrected chi connectivity index (χ3v) is 3.13. The molecule has 0 saturated heterocycles. The minimum Gasteiger partial charge on any atom is -0.481 e. The molecular formula is C15H19F2NO3. The van der Waals surface area contributed by atoms with Gasteiger partial charge in [-0.15, -0.1) is 0 Å². The smallest absolute Gasteiger partial charge is 0.308 e. The average molecular weight is 299 g/mol. The number of carboxylic acids is 1. The molecule has 0 aliphatic carbocycles. The van der Waals surface area contributed by atoms with Gasteiger partial charge in [-0.05, 0) is 30.9 Å². The van der Waals surface area contributed by atoms with Crippen molar-refractivity contribution in [2.45, 2.75) is 27.2 Å². The Labute approximate surface area is 122 Å². The van der Waals surface area contributed by atoms with Gasteiger partial charge in [-0.1, -0.05) is 19.9 Å². The van der Waals surface area contributed by atoms with E-state index in [-0.39, 0.29) is 18.0 Å². The number of carboxylic acid groups (broad SMARTS) is 1. The van der Waals surface area contributed by atoms with Crippen LogP contribution in [-0.2, 0) is 4.79 Å². The predicted octanol–water partition coefficient (Wildman–Crippen LogP) is 2.75. The summed E-state index contributed by atoms with van der Waals surface area (Å²) >= 11 is 0. The van der Waals surface area contributed by atoms with Crippen LogP contribution in [0.25, 0.3) is 0 Å². The zero-order valence-corrected chi connectivity index (χ0v) is 12.2. The minimum absolute atomic E-state index is 0.135. The highest BCUT2D eigenvalue weighted by molar-refractivity contribution is 5.95. The van der Waals surface area contributed by atoms with Gasteiger partial charge in [0.05, 0.1) is 5.92 Å². The number of halogens is 2. The maximum atomic E-state index is 13.8. The molecule has 0 saturated carbocycles. The summed E-state index contributed by atoms with van der Waals surface area (Å²) in [6.45, 7) is 4.97. The maximum absolute atomic E-state index is 13.8. The summed E-state index contributed by atoms with van der Waals surface area (Å²) in [6.07, 6.45) is 0.369. The lowest BCUT2D eigenvalue weighted by atomic mass is 9.97. The van der Waals surface area contributed by atoms with E-state index < -0.39 is 35.0 Å². The van der Waals surface area contributed by atoms with E-state index >= 15 is 0 Å². The van der Waals surface area contributed by atoms with Crippen molar-refractivity contribution < 1.29 is 23.5 Å². The van der Waals surface area contributed by atoms with Gasteiger partial charge in [0, 0.05) is 6.54 Å². The summed E-state index contributed by atoms with van der Waals surface area (Å²) in [5.41, 5.74) is -0.526. The first-order valence-corrected chi connectivity index (χ1v) is 6.69. The molecule has 2 N–H and O–H groups in total. The number of hydrogen-bond acceptors (Lipinski definition) is 2. The number of carbonyl (C=O) groups excluding carboxylic acids is 1. The number of aryl methyl sites for hydroxylation is 1. The van der Waals surface area contributed by atoms with Crippen LogP contribution in [0.15, 0.2) is 12.1 Å². The Bertz CT molecular complexity index is 544. The fourth-order valence-corrected chi connectivity index (χ4v) is 2.01. The summed E-state index contributed by atoms with van der Waals surface area (Å²) < 4.78 is 27.3. The number of aliphatic carboxylic acids is 1. The minimum atomic E-state index is -1.05. The van der Waals surface area contributed by atoms with E-state index in [0.717, 1.165) is 6.07 Å². The molecule has 21 heavy (non-hydrogen) atoms. The number of rotatable bonds is 6. The fraction of sp³-hybridized carbons (Fsp3) is 0.467. The van der Waals surface area contributed by atoms with Crippen molar-refractivity contribution in [3.63, 3.8) is 0 Å². The summed E-state index contributed by atoms with van der Waals surface area (Å²) in [7, 11) is 0. The highest BCUT2D eigenvalue weighted by Gasteiger charge is 2.23. The Morgan fingerprint density at radius 1 is 1.29 bits per heavy atom. The van der Waals surface area contributed by atoms with Crippen LogP contribution >= 0.6 is 0 Å². The lowest BCUT2D eigenvalue weighted by Gasteiger charge is -2.16. The molecule has 1 aromatic carbocycles. The highest BCUT2D eigenvalue weighted by atomic mass is 19.1. The summed E-state index contributed by atoms with van der Waals surface area (Å²) in [5, 5.41) is 11.4. The largest absolute Gasteiger partial charge is 0.481 e. The van der Waals surface area contributed by atoms with E-state index in [2.05, 4.69) is 5.32 Å². The summed E-state index contributed by atoms with van der Waals surface area (Å²) in [6, 6.07) is 2.25. The van der Waals surface area contributed by atoms with Gasteiger partial charge in [0.15, 0.2) is 0 Å². The van der Waals surface area contributed by atoms with Gasteiger partial charge in [-0.25, -0.2) is 8.78 Å². The van der Waals surface area contributed by atoms with Crippen LogP contribution in [0.1, 0.15) is 36.2 Å². The SMILES string of the molecule is Cc1ccc(F)c(C(=O)NCC(CC(C)C)C(=O)O)c1F. The molecule has 0 radical (unpaired) electrons. The molecule has 116 valence electrons. The predicted molar refractivity (Wildman–Crippen MR) is 74.0 cm³/mol. The first-order valence-electron chi connectivity index (χ1n) is 6.69. The Hall–Kier alpha value is -1.98. The quantitative estimate of drug-likeness (QED) is 0.849. The van der Waals surface area contributed by atoms with Crippen molar-refractivity contribution in [1.29, 1.82) is 0 Å². The molecule has 1 amide bonds. The van der Waals surface area contributed by atoms with Gasteiger partial charge >= 0.3 is 5.97 Å². The number of hydrogen-bond donors (Lipinski definition) is 2. The molecule has 6 heteroatoms. The van der Waals surface area contributed by atoms with E-state index in [1.807, 2.05) is 13.8 Å². The lowest BCUT2D eigenvalue weighted by Crippen LogP contribution is -2.34. The van der Waals surface area contributed by atoms with Gasteiger partial charge in [-0.2, -0.15) is 0 Å². The van der Waals surface area contributed by atoms with Crippen molar-refractivity contribution >= 4 is 11.9 Å². The standard InChI is InChI=1S/C15H19F2NO3/c1-8(2)6-10(15(20)21)7-18-14(19)12-11(16)5-4-9(3)13(12)17/h4-5,8,10H,6-7H2,1-3H3,(H,18,19)(H,20,21). The molecule has 1 unspecified atom stereocenters. The molecule has 0 aliphatic heterocycles. The molecule has 4 nitrogen and oxygen atoms in total. The number of carbonyl (C=O) groups is 2. The van der Waals surface area contributed by atoms with E-state index in [1.54, 1.807) is 0 Å². The molecule has 1 atom stereocenters. The molecular weight excluding hydrogens is 280 g/mol. The Balaban J connectivity index is 2.82. The summed E-state index contributed by atoms with van der Waals surface area (Å²) in [5.74, 6) is -4.53. The molecule has 1 aromatic rings. The van der Waals surface area contributed by atoms with Crippen LogP contribution in [-0.4, -0.2) is 23.5 Å². The van der Waals surface area contributed by atoms with E-state index in [1.165, 1.54) is 13.0 Å². The second-order valence-electron chi connectivity index (χ2n) is 5.43. The van der Waals surface area contributed by atoms with Gasteiger partial charge in [0.1, 0.15) is 17.2 Å². The van der Waals surface area contributed by atoms with E-state index in [9.17, 15) is 18.4 Å². The van der Waals surface area contributed by atoms with Crippen molar-refractivity contribution in [3.8, 4) is 0 Å². The van der Waals surface area contributed by atoms with Crippen LogP contribution in [0.3, 0.4) is 0 Å². The highest BCUT2D eigenvalue weighted by Crippen LogP contribution is 2.17. The normalized spacial score (nSPS) is 12.3. The van der Waals surface area contributed by atoms with Gasteiger partial charge in [0.2, 0.25) is 0 Å². The van der Waals surface area contributed by atoms with Crippen molar-refractivity contribution in [1.82, 2.24) is 5.32 Å². The third kappa shape index (κ3) is 4.51. The average Bonchev–Trinajstić information content (AvgIpc) is 2.38. The molecule has 0 heterocycles. The van der Waals surface area contributed by atoms with E-state index in [4.69, 9.17) is 5.11 Å². The van der Waals surface area contributed by atoms with Crippen LogP contribution in [0, 0.1) is 30.4 Å². The number of amides is 1. The molecule has 0 fully saturated rings. The Morgan fingerprint density at radius 2 is 1.90 bits per heavy atom. The van der Waals surface area contributed by atoms with Crippen LogP contribution in [0.2, 0.25) is 0 Å².